The van der Waals surface area contributed by atoms with E-state index in [0.29, 0.717) is 0 Å². The number of benzene rings is 3. The van der Waals surface area contributed by atoms with Crippen LogP contribution in [0.4, 0.5) is 55.3 Å². The Morgan fingerprint density at radius 3 is 1.48 bits per heavy atom. The predicted molar refractivity (Wildman–Crippen MR) is 93.0 cm³/mol. The molecule has 0 aliphatic heterocycles. The minimum atomic E-state index is -5.54. The van der Waals surface area contributed by atoms with Gasteiger partial charge in [0.2, 0.25) is 23.1 Å². The molecule has 33 heavy (non-hydrogen) atoms. The molecular weight excluding hydrogens is 478 g/mol. The lowest BCUT2D eigenvalue weighted by molar-refractivity contribution is -0.141. The van der Waals surface area contributed by atoms with Gasteiger partial charge in [-0.2, -0.15) is 22.0 Å². The molecular formula is C19H8F10N2O2. The lowest BCUT2D eigenvalue weighted by Gasteiger charge is -2.18. The minimum absolute atomic E-state index is 0.0255. The Bertz CT molecular complexity index is 1210. The molecule has 0 unspecified atom stereocenters. The molecule has 3 rings (SSSR count). The van der Waals surface area contributed by atoms with Crippen molar-refractivity contribution in [3.63, 3.8) is 0 Å². The number of alkyl halides is 3. The summed E-state index contributed by atoms with van der Waals surface area (Å²) in [6.07, 6.45) is -5.54. The van der Waals surface area contributed by atoms with Crippen LogP contribution in [0.1, 0.15) is 5.56 Å². The molecule has 0 spiro atoms. The summed E-state index contributed by atoms with van der Waals surface area (Å²) in [7, 11) is 0. The summed E-state index contributed by atoms with van der Waals surface area (Å²) in [5.74, 6) is -19.5. The van der Waals surface area contributed by atoms with Crippen LogP contribution in [0.2, 0.25) is 0 Å². The second kappa shape index (κ2) is 8.26. The van der Waals surface area contributed by atoms with E-state index < -0.39 is 86.8 Å². The van der Waals surface area contributed by atoms with E-state index in [1.54, 1.807) is 0 Å². The van der Waals surface area contributed by atoms with Gasteiger partial charge in [-0.25, -0.2) is 22.0 Å². The lowest BCUT2D eigenvalue weighted by atomic mass is 10.1. The number of rotatable bonds is 4. The molecule has 3 aromatic rings. The number of anilines is 2. The molecule has 0 bridgehead atoms. The molecule has 4 nitrogen and oxygen atoms in total. The second-order valence-electron chi connectivity index (χ2n) is 6.29. The number of hydrogen-bond donors (Lipinski definition) is 2. The highest BCUT2D eigenvalue weighted by atomic mass is 19.4. The summed E-state index contributed by atoms with van der Waals surface area (Å²) in [5.41, 5.74) is 5.92. The van der Waals surface area contributed by atoms with Gasteiger partial charge in [-0.05, 0) is 0 Å². The smallest absolute Gasteiger partial charge is 0.422 e. The highest BCUT2D eigenvalue weighted by Crippen LogP contribution is 2.45. The molecule has 4 N–H and O–H groups in total. The van der Waals surface area contributed by atoms with E-state index in [1.807, 2.05) is 0 Å². The van der Waals surface area contributed by atoms with Gasteiger partial charge in [-0.1, -0.05) is 0 Å². The zero-order valence-electron chi connectivity index (χ0n) is 15.6. The molecule has 14 heteroatoms. The molecule has 0 aliphatic carbocycles. The first-order valence-electron chi connectivity index (χ1n) is 8.34. The van der Waals surface area contributed by atoms with E-state index in [2.05, 4.69) is 9.47 Å². The van der Waals surface area contributed by atoms with Gasteiger partial charge in [0.25, 0.3) is 0 Å². The van der Waals surface area contributed by atoms with E-state index in [1.165, 1.54) is 0 Å². The fourth-order valence-electron chi connectivity index (χ4n) is 2.58. The van der Waals surface area contributed by atoms with Crippen LogP contribution < -0.4 is 20.9 Å². The van der Waals surface area contributed by atoms with Crippen molar-refractivity contribution >= 4 is 11.4 Å². The number of ether oxygens (including phenoxy) is 2. The standard InChI is InChI=1S/C19H8F10N2O2/c20-6-1-5(32-17-13(23)7(21)3-9(30)15(17)25)2-11(12(6)19(27,28)29)33-18-14(24)8(22)4-10(31)16(18)26/h1-4H,30-31H2. The summed E-state index contributed by atoms with van der Waals surface area (Å²) >= 11 is 0. The van der Waals surface area contributed by atoms with Crippen molar-refractivity contribution in [3.05, 3.63) is 70.5 Å². The maximum atomic E-state index is 14.3. The van der Waals surface area contributed by atoms with Gasteiger partial charge >= 0.3 is 6.18 Å². The Hall–Kier alpha value is -3.84. The average molecular weight is 486 g/mol. The number of hydrogen-bond acceptors (Lipinski definition) is 4. The van der Waals surface area contributed by atoms with Crippen molar-refractivity contribution in [1.82, 2.24) is 0 Å². The molecule has 0 fully saturated rings. The molecule has 176 valence electrons. The van der Waals surface area contributed by atoms with Crippen molar-refractivity contribution in [2.24, 2.45) is 0 Å². The predicted octanol–water partition coefficient (Wildman–Crippen LogP) is 6.43. The quantitative estimate of drug-likeness (QED) is 0.254. The van der Waals surface area contributed by atoms with Crippen molar-refractivity contribution in [1.29, 1.82) is 0 Å². The third-order valence-corrected chi connectivity index (χ3v) is 4.03. The maximum Gasteiger partial charge on any atom is 0.422 e. The molecule has 0 heterocycles. The molecule has 3 aromatic carbocycles. The molecule has 0 aromatic heterocycles. The summed E-state index contributed by atoms with van der Waals surface area (Å²) < 4.78 is 146. The van der Waals surface area contributed by atoms with Crippen molar-refractivity contribution in [2.75, 3.05) is 11.5 Å². The molecule has 0 aliphatic rings. The monoisotopic (exact) mass is 486 g/mol. The lowest BCUT2D eigenvalue weighted by Crippen LogP contribution is -2.12. The summed E-state index contributed by atoms with van der Waals surface area (Å²) in [6, 6.07) is 0.496. The van der Waals surface area contributed by atoms with Gasteiger partial charge in [0.15, 0.2) is 23.3 Å². The number of nitrogen functional groups attached to an aromatic ring is 2. The first kappa shape index (κ1) is 23.8. The molecule has 0 amide bonds. The van der Waals surface area contributed by atoms with Crippen molar-refractivity contribution < 1.29 is 53.4 Å². The SMILES string of the molecule is Nc1cc(F)c(F)c(Oc2cc(F)c(C(F)(F)F)c(Oc3c(F)c(N)cc(F)c3F)c2)c1F. The largest absolute Gasteiger partial charge is 0.451 e. The highest BCUT2D eigenvalue weighted by Gasteiger charge is 2.39. The second-order valence-corrected chi connectivity index (χ2v) is 6.29. The van der Waals surface area contributed by atoms with Crippen LogP contribution in [-0.2, 0) is 6.18 Å². The van der Waals surface area contributed by atoms with E-state index >= 15 is 0 Å². The van der Waals surface area contributed by atoms with Crippen LogP contribution in [0.5, 0.6) is 23.0 Å². The van der Waals surface area contributed by atoms with Crippen molar-refractivity contribution in [2.45, 2.75) is 6.18 Å². The first-order chi connectivity index (χ1) is 15.2. The highest BCUT2D eigenvalue weighted by molar-refractivity contribution is 5.53. The van der Waals surface area contributed by atoms with Crippen LogP contribution in [0.3, 0.4) is 0 Å². The van der Waals surface area contributed by atoms with E-state index in [4.69, 9.17) is 11.5 Å². The van der Waals surface area contributed by atoms with Crippen LogP contribution >= 0.6 is 0 Å². The Balaban J connectivity index is 2.20. The fraction of sp³-hybridized carbons (Fsp3) is 0.0526. The topological polar surface area (TPSA) is 70.5 Å². The number of halogens is 10. The van der Waals surface area contributed by atoms with E-state index in [-0.39, 0.29) is 24.3 Å². The Labute approximate surface area is 176 Å². The summed E-state index contributed by atoms with van der Waals surface area (Å²) in [5, 5.41) is 0. The average Bonchev–Trinajstić information content (AvgIpc) is 2.70. The Morgan fingerprint density at radius 1 is 0.576 bits per heavy atom. The number of nitrogens with two attached hydrogens (primary N) is 2. The van der Waals surface area contributed by atoms with E-state index in [0.717, 1.165) is 0 Å². The summed E-state index contributed by atoms with van der Waals surface area (Å²) in [6.45, 7) is 0. The zero-order valence-corrected chi connectivity index (χ0v) is 15.6. The van der Waals surface area contributed by atoms with Crippen molar-refractivity contribution in [3.8, 4) is 23.0 Å². The molecule has 0 radical (unpaired) electrons. The third kappa shape index (κ3) is 4.40. The van der Waals surface area contributed by atoms with Crippen LogP contribution in [0.25, 0.3) is 0 Å². The van der Waals surface area contributed by atoms with Gasteiger partial charge in [0.05, 0.1) is 11.4 Å². The minimum Gasteiger partial charge on any atom is -0.451 e. The maximum absolute atomic E-state index is 14.3. The Kier molecular flexibility index (Phi) is 5.96. The Morgan fingerprint density at radius 2 is 1.03 bits per heavy atom. The molecule has 0 atom stereocenters. The zero-order chi connectivity index (χ0) is 24.8. The molecule has 0 saturated carbocycles. The van der Waals surface area contributed by atoms with Crippen LogP contribution in [-0.4, -0.2) is 0 Å². The first-order valence-corrected chi connectivity index (χ1v) is 8.34. The fourth-order valence-corrected chi connectivity index (χ4v) is 2.58. The van der Waals surface area contributed by atoms with Gasteiger partial charge in [-0.3, -0.25) is 0 Å². The van der Waals surface area contributed by atoms with Gasteiger partial charge in [-0.15, -0.1) is 0 Å². The normalized spacial score (nSPS) is 11.6. The van der Waals surface area contributed by atoms with Crippen LogP contribution in [0.15, 0.2) is 24.3 Å². The summed E-state index contributed by atoms with van der Waals surface area (Å²) in [4.78, 5) is 0. The molecule has 0 saturated heterocycles. The van der Waals surface area contributed by atoms with Crippen LogP contribution in [0, 0.1) is 40.7 Å². The van der Waals surface area contributed by atoms with Gasteiger partial charge in [0.1, 0.15) is 22.9 Å². The van der Waals surface area contributed by atoms with Gasteiger partial charge in [0, 0.05) is 24.3 Å². The third-order valence-electron chi connectivity index (χ3n) is 4.03. The van der Waals surface area contributed by atoms with Gasteiger partial charge < -0.3 is 20.9 Å². The van der Waals surface area contributed by atoms with E-state index in [9.17, 15) is 43.9 Å².